The Hall–Kier alpha value is 0.150. The summed E-state index contributed by atoms with van der Waals surface area (Å²) < 4.78 is 26.1. The van der Waals surface area contributed by atoms with Crippen molar-refractivity contribution in [1.29, 1.82) is 0 Å². The number of hydrogen-bond acceptors (Lipinski definition) is 6. The van der Waals surface area contributed by atoms with Crippen LogP contribution in [-0.2, 0) is 18.9 Å². The quantitative estimate of drug-likeness (QED) is 0.306. The molecule has 5 nitrogen and oxygen atoms in total. The summed E-state index contributed by atoms with van der Waals surface area (Å²) >= 11 is 1.83. The number of rotatable bonds is 12. The molecule has 2 fully saturated rings. The van der Waals surface area contributed by atoms with Crippen LogP contribution in [0.25, 0.3) is 0 Å². The van der Waals surface area contributed by atoms with Crippen molar-refractivity contribution in [3.05, 3.63) is 0 Å². The second kappa shape index (κ2) is 11.7. The topological polar surface area (TPSA) is 49.0 Å². The Morgan fingerprint density at radius 2 is 1.65 bits per heavy atom. The van der Waals surface area contributed by atoms with Gasteiger partial charge in [0.15, 0.2) is 5.79 Å². The lowest BCUT2D eigenvalue weighted by atomic mass is 9.69. The molecule has 0 amide bonds. The summed E-state index contributed by atoms with van der Waals surface area (Å²) in [4.78, 5) is -0.229. The minimum atomic E-state index is -0.631. The predicted molar refractivity (Wildman–Crippen MR) is 144 cm³/mol. The highest BCUT2D eigenvalue weighted by atomic mass is 32.2. The van der Waals surface area contributed by atoms with Crippen LogP contribution in [0.1, 0.15) is 88.5 Å². The predicted octanol–water partition coefficient (Wildman–Crippen LogP) is 6.56. The Balaban J connectivity index is 2.26. The Labute approximate surface area is 215 Å². The summed E-state index contributed by atoms with van der Waals surface area (Å²) in [6.07, 6.45) is 5.17. The Bertz CT molecular complexity index is 628. The van der Waals surface area contributed by atoms with Crippen LogP contribution in [0.3, 0.4) is 0 Å². The molecule has 6 atom stereocenters. The molecule has 0 spiro atoms. The van der Waals surface area contributed by atoms with Gasteiger partial charge in [0.05, 0.1) is 19.3 Å². The molecule has 2 saturated heterocycles. The fourth-order valence-corrected chi connectivity index (χ4v) is 8.33. The van der Waals surface area contributed by atoms with Gasteiger partial charge in [0.25, 0.3) is 0 Å². The molecule has 2 heterocycles. The summed E-state index contributed by atoms with van der Waals surface area (Å²) in [5, 5.41) is 3.67. The van der Waals surface area contributed by atoms with Gasteiger partial charge in [0.1, 0.15) is 10.7 Å². The molecule has 6 heteroatoms. The zero-order valence-electron chi connectivity index (χ0n) is 24.2. The van der Waals surface area contributed by atoms with Crippen LogP contribution < -0.4 is 5.32 Å². The first-order chi connectivity index (χ1) is 15.7. The van der Waals surface area contributed by atoms with Crippen LogP contribution in [0.5, 0.6) is 0 Å². The number of ether oxygens (including phenoxy) is 4. The van der Waals surface area contributed by atoms with Crippen molar-refractivity contribution in [3.8, 4) is 0 Å². The van der Waals surface area contributed by atoms with Crippen LogP contribution >= 0.6 is 11.8 Å². The SMILES string of the molecule is COC(SC)(C(C)C)C(C)CC(C)(C)C1(C(C)C)OCCC(CC(C)C2(C(C)C)NCCO2)O1. The van der Waals surface area contributed by atoms with E-state index in [1.807, 2.05) is 18.9 Å². The van der Waals surface area contributed by atoms with Gasteiger partial charge in [-0.3, -0.25) is 5.32 Å². The zero-order chi connectivity index (χ0) is 25.9. The molecule has 0 bridgehead atoms. The number of thioether (sulfide) groups is 1. The van der Waals surface area contributed by atoms with E-state index in [1.165, 1.54) is 0 Å². The van der Waals surface area contributed by atoms with E-state index in [9.17, 15) is 0 Å². The molecule has 0 aromatic rings. The Kier molecular flexibility index (Phi) is 10.4. The van der Waals surface area contributed by atoms with E-state index in [2.05, 4.69) is 80.8 Å². The molecule has 1 N–H and O–H groups in total. The van der Waals surface area contributed by atoms with E-state index in [4.69, 9.17) is 18.9 Å². The zero-order valence-corrected chi connectivity index (χ0v) is 25.1. The highest BCUT2D eigenvalue weighted by Crippen LogP contribution is 2.52. The third-order valence-electron chi connectivity index (χ3n) is 8.80. The molecule has 0 aromatic heterocycles. The van der Waals surface area contributed by atoms with Crippen LogP contribution in [0.15, 0.2) is 0 Å². The average Bonchev–Trinajstić information content (AvgIpc) is 3.26. The third kappa shape index (κ3) is 5.52. The maximum absolute atomic E-state index is 7.04. The Morgan fingerprint density at radius 3 is 2.09 bits per heavy atom. The molecular formula is C28H55NO4S. The number of methoxy groups -OCH3 is 1. The molecule has 6 unspecified atom stereocenters. The molecule has 0 saturated carbocycles. The molecule has 2 rings (SSSR count). The van der Waals surface area contributed by atoms with Crippen molar-refractivity contribution in [2.24, 2.45) is 35.0 Å². The lowest BCUT2D eigenvalue weighted by Crippen LogP contribution is -2.60. The second-order valence-corrected chi connectivity index (χ2v) is 13.4. The first-order valence-electron chi connectivity index (χ1n) is 13.6. The van der Waals surface area contributed by atoms with Gasteiger partial charge in [0.2, 0.25) is 0 Å². The smallest absolute Gasteiger partial charge is 0.175 e. The van der Waals surface area contributed by atoms with E-state index in [0.717, 1.165) is 39.0 Å². The van der Waals surface area contributed by atoms with E-state index in [0.29, 0.717) is 23.7 Å². The summed E-state index contributed by atoms with van der Waals surface area (Å²) in [5.74, 6) is 1.10. The van der Waals surface area contributed by atoms with Gasteiger partial charge in [0, 0.05) is 30.9 Å². The fourth-order valence-electron chi connectivity index (χ4n) is 7.21. The molecule has 0 aromatic carbocycles. The van der Waals surface area contributed by atoms with Crippen molar-refractivity contribution in [1.82, 2.24) is 5.32 Å². The van der Waals surface area contributed by atoms with Gasteiger partial charge in [-0.25, -0.2) is 0 Å². The number of hydrogen-bond donors (Lipinski definition) is 1. The number of nitrogens with one attached hydrogen (secondary N) is 1. The monoisotopic (exact) mass is 501 g/mol. The molecule has 202 valence electrons. The van der Waals surface area contributed by atoms with Crippen molar-refractivity contribution in [3.63, 3.8) is 0 Å². The summed E-state index contributed by atoms with van der Waals surface area (Å²) in [6, 6.07) is 0. The lowest BCUT2D eigenvalue weighted by Gasteiger charge is -2.55. The maximum Gasteiger partial charge on any atom is 0.175 e. The van der Waals surface area contributed by atoms with Crippen molar-refractivity contribution < 1.29 is 18.9 Å². The van der Waals surface area contributed by atoms with Crippen LogP contribution in [0.4, 0.5) is 0 Å². The molecule has 34 heavy (non-hydrogen) atoms. The lowest BCUT2D eigenvalue weighted by molar-refractivity contribution is -0.364. The van der Waals surface area contributed by atoms with Crippen molar-refractivity contribution in [2.45, 2.75) is 111 Å². The molecular weight excluding hydrogens is 446 g/mol. The normalized spacial score (nSPS) is 32.4. The maximum atomic E-state index is 7.04. The minimum absolute atomic E-state index is 0.153. The van der Waals surface area contributed by atoms with Gasteiger partial charge >= 0.3 is 0 Å². The van der Waals surface area contributed by atoms with Crippen molar-refractivity contribution >= 4 is 11.8 Å². The van der Waals surface area contributed by atoms with Crippen LogP contribution in [0.2, 0.25) is 0 Å². The summed E-state index contributed by atoms with van der Waals surface area (Å²) in [6.45, 7) is 25.3. The summed E-state index contributed by atoms with van der Waals surface area (Å²) in [5.41, 5.74) is -0.450. The van der Waals surface area contributed by atoms with E-state index < -0.39 is 5.79 Å². The van der Waals surface area contributed by atoms with Crippen LogP contribution in [0, 0.1) is 35.0 Å². The second-order valence-electron chi connectivity index (χ2n) is 12.3. The standard InChI is InChI=1S/C28H55NO4S/c1-19(2)26(29-14-16-31-26)22(7)17-24-13-15-32-28(33-24,21(5)6)25(9,10)18-23(8)27(30-11,34-12)20(3)4/h19-24,29H,13-18H2,1-12H3. The van der Waals surface area contributed by atoms with Crippen LogP contribution in [-0.4, -0.2) is 55.7 Å². The highest BCUT2D eigenvalue weighted by molar-refractivity contribution is 7.99. The van der Waals surface area contributed by atoms with Gasteiger partial charge in [-0.1, -0.05) is 69.2 Å². The van der Waals surface area contributed by atoms with Gasteiger partial charge < -0.3 is 18.9 Å². The van der Waals surface area contributed by atoms with Gasteiger partial charge in [-0.2, -0.15) is 0 Å². The fraction of sp³-hybridized carbons (Fsp3) is 1.00. The first-order valence-corrected chi connectivity index (χ1v) is 14.8. The third-order valence-corrected chi connectivity index (χ3v) is 10.5. The first kappa shape index (κ1) is 30.4. The minimum Gasteiger partial charge on any atom is -0.367 e. The van der Waals surface area contributed by atoms with Crippen molar-refractivity contribution in [2.75, 3.05) is 33.1 Å². The van der Waals surface area contributed by atoms with E-state index in [-0.39, 0.29) is 28.1 Å². The molecule has 0 aliphatic carbocycles. The molecule has 0 radical (unpaired) electrons. The van der Waals surface area contributed by atoms with Gasteiger partial charge in [-0.15, -0.1) is 11.8 Å². The average molecular weight is 502 g/mol. The molecule has 2 aliphatic heterocycles. The molecule has 2 aliphatic rings. The highest BCUT2D eigenvalue weighted by Gasteiger charge is 2.56. The summed E-state index contributed by atoms with van der Waals surface area (Å²) in [7, 11) is 1.85. The largest absolute Gasteiger partial charge is 0.367 e. The Morgan fingerprint density at radius 1 is 1.00 bits per heavy atom. The van der Waals surface area contributed by atoms with E-state index >= 15 is 0 Å². The van der Waals surface area contributed by atoms with E-state index in [1.54, 1.807) is 0 Å². The van der Waals surface area contributed by atoms with Gasteiger partial charge in [-0.05, 0) is 43.3 Å².